The number of hydrogen-bond acceptors (Lipinski definition) is 3. The zero-order valence-corrected chi connectivity index (χ0v) is 15.1. The lowest BCUT2D eigenvalue weighted by Crippen LogP contribution is -2.40. The zero-order chi connectivity index (χ0) is 18.4. The lowest BCUT2D eigenvalue weighted by Gasteiger charge is -2.25. The highest BCUT2D eigenvalue weighted by Gasteiger charge is 2.31. The van der Waals surface area contributed by atoms with E-state index in [-0.39, 0.29) is 17.5 Å². The van der Waals surface area contributed by atoms with Crippen molar-refractivity contribution in [3.63, 3.8) is 0 Å². The Morgan fingerprint density at radius 2 is 2.04 bits per heavy atom. The van der Waals surface area contributed by atoms with Gasteiger partial charge in [-0.3, -0.25) is 9.59 Å². The van der Waals surface area contributed by atoms with Gasteiger partial charge < -0.3 is 9.88 Å². The van der Waals surface area contributed by atoms with Crippen LogP contribution in [-0.4, -0.2) is 38.2 Å². The van der Waals surface area contributed by atoms with Crippen molar-refractivity contribution in [1.29, 1.82) is 0 Å². The summed E-state index contributed by atoms with van der Waals surface area (Å²) in [5, 5.41) is 5.59. The summed E-state index contributed by atoms with van der Waals surface area (Å²) >= 11 is 0. The fraction of sp³-hybridized carbons (Fsp3) is 0.381. The summed E-state index contributed by atoms with van der Waals surface area (Å²) in [6.45, 7) is 1.20. The van der Waals surface area contributed by atoms with Gasteiger partial charge in [0.15, 0.2) is 0 Å². The maximum atomic E-state index is 13.1. The van der Waals surface area contributed by atoms with Crippen molar-refractivity contribution >= 4 is 16.8 Å². The summed E-state index contributed by atoms with van der Waals surface area (Å²) in [5.74, 6) is 0.540. The number of likely N-dealkylation sites (tertiary alicyclic amines) is 1. The second-order valence-corrected chi connectivity index (χ2v) is 7.63. The van der Waals surface area contributed by atoms with Crippen LogP contribution in [0.15, 0.2) is 47.4 Å². The number of benzene rings is 1. The molecule has 6 nitrogen and oxygen atoms in total. The molecule has 138 valence electrons. The summed E-state index contributed by atoms with van der Waals surface area (Å²) in [4.78, 5) is 30.4. The average molecular weight is 362 g/mol. The Labute approximate surface area is 156 Å². The monoisotopic (exact) mass is 362 g/mol. The number of carbonyl (C=O) groups excluding carboxylic acids is 1. The number of aromatic amines is 1. The van der Waals surface area contributed by atoms with Gasteiger partial charge in [0.05, 0.1) is 18.3 Å². The summed E-state index contributed by atoms with van der Waals surface area (Å²) in [6, 6.07) is 11.2. The fourth-order valence-corrected chi connectivity index (χ4v) is 4.04. The second-order valence-electron chi connectivity index (χ2n) is 7.63. The van der Waals surface area contributed by atoms with E-state index in [1.54, 1.807) is 10.7 Å². The number of amides is 1. The molecule has 2 aliphatic rings. The summed E-state index contributed by atoms with van der Waals surface area (Å²) < 4.78 is 1.55. The van der Waals surface area contributed by atoms with Crippen molar-refractivity contribution in [2.24, 2.45) is 0 Å². The minimum atomic E-state index is -0.0903. The zero-order valence-electron chi connectivity index (χ0n) is 15.1. The van der Waals surface area contributed by atoms with Gasteiger partial charge in [-0.15, -0.1) is 0 Å². The number of H-pyrrole nitrogens is 1. The standard InChI is InChI=1S/C21H22N4O2/c26-20-8-7-19(14-3-4-14)23-25(20)13-17-2-1-11-24(17)21(27)16-5-6-18-15(12-16)9-10-22-18/h5-10,12,14,17,22H,1-4,11,13H2. The molecule has 0 spiro atoms. The largest absolute Gasteiger partial charge is 0.361 e. The first kappa shape index (κ1) is 16.3. The van der Waals surface area contributed by atoms with Crippen LogP contribution in [0.2, 0.25) is 0 Å². The first-order valence-electron chi connectivity index (χ1n) is 9.65. The molecule has 1 atom stereocenters. The van der Waals surface area contributed by atoms with Crippen LogP contribution >= 0.6 is 0 Å². The Hall–Kier alpha value is -2.89. The molecule has 1 aliphatic heterocycles. The smallest absolute Gasteiger partial charge is 0.266 e. The molecule has 27 heavy (non-hydrogen) atoms. The molecule has 1 N–H and O–H groups in total. The number of rotatable bonds is 4. The van der Waals surface area contributed by atoms with Crippen molar-refractivity contribution in [2.75, 3.05) is 6.54 Å². The predicted molar refractivity (Wildman–Crippen MR) is 103 cm³/mol. The molecule has 5 rings (SSSR count). The SMILES string of the molecule is O=C(c1ccc2[nH]ccc2c1)N1CCCC1Cn1nc(C2CC2)ccc1=O. The van der Waals surface area contributed by atoms with E-state index in [9.17, 15) is 9.59 Å². The quantitative estimate of drug-likeness (QED) is 0.776. The molecule has 1 saturated heterocycles. The molecule has 3 aromatic rings. The van der Waals surface area contributed by atoms with Gasteiger partial charge in [-0.1, -0.05) is 0 Å². The van der Waals surface area contributed by atoms with Gasteiger partial charge in [0.25, 0.3) is 11.5 Å². The summed E-state index contributed by atoms with van der Waals surface area (Å²) in [6.07, 6.45) is 6.05. The van der Waals surface area contributed by atoms with E-state index < -0.39 is 0 Å². The second kappa shape index (κ2) is 6.37. The molecular formula is C21H22N4O2. The van der Waals surface area contributed by atoms with Crippen LogP contribution in [0.5, 0.6) is 0 Å². The van der Waals surface area contributed by atoms with Crippen molar-refractivity contribution in [2.45, 2.75) is 44.2 Å². The van der Waals surface area contributed by atoms with Crippen LogP contribution in [0, 0.1) is 0 Å². The van der Waals surface area contributed by atoms with Crippen molar-refractivity contribution in [1.82, 2.24) is 19.7 Å². The lowest BCUT2D eigenvalue weighted by atomic mass is 10.1. The van der Waals surface area contributed by atoms with Crippen LogP contribution in [0.4, 0.5) is 0 Å². The first-order valence-corrected chi connectivity index (χ1v) is 9.65. The van der Waals surface area contributed by atoms with Crippen LogP contribution in [0.3, 0.4) is 0 Å². The number of hydrogen-bond donors (Lipinski definition) is 1. The first-order chi connectivity index (χ1) is 13.2. The highest BCUT2D eigenvalue weighted by molar-refractivity contribution is 5.98. The van der Waals surface area contributed by atoms with Crippen LogP contribution in [0.25, 0.3) is 10.9 Å². The van der Waals surface area contributed by atoms with Crippen LogP contribution < -0.4 is 5.56 Å². The van der Waals surface area contributed by atoms with Gasteiger partial charge in [-0.25, -0.2) is 4.68 Å². The third-order valence-corrected chi connectivity index (χ3v) is 5.70. The minimum absolute atomic E-state index is 0.0130. The molecule has 3 heterocycles. The van der Waals surface area contributed by atoms with E-state index in [2.05, 4.69) is 10.1 Å². The number of fused-ring (bicyclic) bond motifs is 1. The number of nitrogens with zero attached hydrogens (tertiary/aromatic N) is 3. The Balaban J connectivity index is 1.39. The molecule has 0 radical (unpaired) electrons. The average Bonchev–Trinajstić information content (AvgIpc) is 3.24. The maximum absolute atomic E-state index is 13.1. The molecule has 2 fully saturated rings. The molecule has 1 saturated carbocycles. The number of carbonyl (C=O) groups is 1. The van der Waals surface area contributed by atoms with Crippen LogP contribution in [-0.2, 0) is 6.54 Å². The van der Waals surface area contributed by atoms with Gasteiger partial charge in [0.2, 0.25) is 0 Å². The third kappa shape index (κ3) is 3.05. The van der Waals surface area contributed by atoms with Crippen molar-refractivity contribution in [3.05, 3.63) is 64.2 Å². The van der Waals surface area contributed by atoms with E-state index in [0.717, 1.165) is 48.8 Å². The molecule has 1 aromatic carbocycles. The summed E-state index contributed by atoms with van der Waals surface area (Å²) in [7, 11) is 0. The molecular weight excluding hydrogens is 340 g/mol. The molecule has 1 amide bonds. The van der Waals surface area contributed by atoms with E-state index >= 15 is 0 Å². The van der Waals surface area contributed by atoms with Gasteiger partial charge in [-0.05, 0) is 56.0 Å². The molecule has 2 aromatic heterocycles. The van der Waals surface area contributed by atoms with Crippen molar-refractivity contribution in [3.8, 4) is 0 Å². The Morgan fingerprint density at radius 3 is 2.89 bits per heavy atom. The summed E-state index contributed by atoms with van der Waals surface area (Å²) in [5.41, 5.74) is 2.63. The molecule has 1 unspecified atom stereocenters. The topological polar surface area (TPSA) is 71.0 Å². The van der Waals surface area contributed by atoms with E-state index in [0.29, 0.717) is 18.0 Å². The lowest BCUT2D eigenvalue weighted by molar-refractivity contribution is 0.0720. The highest BCUT2D eigenvalue weighted by atomic mass is 16.2. The van der Waals surface area contributed by atoms with Gasteiger partial charge in [0.1, 0.15) is 0 Å². The Morgan fingerprint density at radius 1 is 1.15 bits per heavy atom. The van der Waals surface area contributed by atoms with Crippen LogP contribution in [0.1, 0.15) is 47.7 Å². The Kier molecular flexibility index (Phi) is 3.85. The predicted octanol–water partition coefficient (Wildman–Crippen LogP) is 2.91. The fourth-order valence-electron chi connectivity index (χ4n) is 4.04. The number of aromatic nitrogens is 3. The van der Waals surface area contributed by atoms with E-state index in [1.165, 1.54) is 0 Å². The van der Waals surface area contributed by atoms with Gasteiger partial charge >= 0.3 is 0 Å². The van der Waals surface area contributed by atoms with E-state index in [4.69, 9.17) is 0 Å². The van der Waals surface area contributed by atoms with E-state index in [1.807, 2.05) is 41.4 Å². The third-order valence-electron chi connectivity index (χ3n) is 5.70. The van der Waals surface area contributed by atoms with Gasteiger partial charge in [-0.2, -0.15) is 5.10 Å². The maximum Gasteiger partial charge on any atom is 0.266 e. The number of nitrogens with one attached hydrogen (secondary N) is 1. The normalized spacial score (nSPS) is 19.7. The highest BCUT2D eigenvalue weighted by Crippen LogP contribution is 2.38. The minimum Gasteiger partial charge on any atom is -0.361 e. The van der Waals surface area contributed by atoms with Crippen molar-refractivity contribution < 1.29 is 4.79 Å². The Bertz CT molecular complexity index is 1060. The molecule has 0 bridgehead atoms. The molecule has 6 heteroatoms. The van der Waals surface area contributed by atoms with Gasteiger partial charge in [0, 0.05) is 41.2 Å². The molecule has 1 aliphatic carbocycles.